The smallest absolute Gasteiger partial charge is 0.149 e. The molecule has 0 atom stereocenters. The Bertz CT molecular complexity index is 87.2. The van der Waals surface area contributed by atoms with Gasteiger partial charge >= 0.3 is 0 Å². The van der Waals surface area contributed by atoms with Gasteiger partial charge in [0, 0.05) is 0 Å². The fraction of sp³-hybridized carbons (Fsp3) is 1.00. The molecule has 0 radical (unpaired) electrons. The predicted octanol–water partition coefficient (Wildman–Crippen LogP) is 0.335. The molecule has 0 unspecified atom stereocenters. The molecule has 1 nitrogen and oxygen atoms in total. The predicted molar refractivity (Wildman–Crippen MR) is 44.1 cm³/mol. The minimum Gasteiger partial charge on any atom is -0.465 e. The molecule has 0 saturated heterocycles. The summed E-state index contributed by atoms with van der Waals surface area (Å²) in [6, 6.07) is 0. The molecule has 2 rings (SSSR count). The fourth-order valence-corrected chi connectivity index (χ4v) is 5.32. The molecule has 0 aromatic rings. The first-order valence-electron chi connectivity index (χ1n) is 4.03. The molecule has 0 bridgehead atoms. The van der Waals surface area contributed by atoms with Crippen LogP contribution in [0.5, 0.6) is 0 Å². The molecule has 3 heteroatoms. The van der Waals surface area contributed by atoms with Crippen molar-refractivity contribution in [1.29, 1.82) is 0 Å². The largest absolute Gasteiger partial charge is 0.465 e. The Labute approximate surface area is 61.1 Å². The molecule has 2 aliphatic rings. The third kappa shape index (κ3) is 2.23. The van der Waals surface area contributed by atoms with Gasteiger partial charge in [-0.2, -0.15) is 0 Å². The molecule has 0 aromatic carbocycles. The molecule has 0 aromatic heterocycles. The third-order valence-corrected chi connectivity index (χ3v) is 6.56. The van der Waals surface area contributed by atoms with Gasteiger partial charge in [-0.3, -0.25) is 0 Å². The molecule has 9 heavy (non-hydrogen) atoms. The molecule has 2 saturated carbocycles. The van der Waals surface area contributed by atoms with Crippen molar-refractivity contribution in [3.63, 3.8) is 0 Å². The van der Waals surface area contributed by atoms with Crippen LogP contribution >= 0.6 is 0 Å². The second-order valence-corrected chi connectivity index (χ2v) is 8.03. The summed E-state index contributed by atoms with van der Waals surface area (Å²) in [7, 11) is 0.0323. The summed E-state index contributed by atoms with van der Waals surface area (Å²) in [6.07, 6.45) is 6.02. The average Bonchev–Trinajstić information content (AvgIpc) is 2.57. The maximum absolute atomic E-state index is 5.76. The van der Waals surface area contributed by atoms with E-state index in [1.54, 1.807) is 0 Å². The Balaban J connectivity index is 1.46. The van der Waals surface area contributed by atoms with E-state index < -0.39 is 0 Å². The van der Waals surface area contributed by atoms with Gasteiger partial charge in [0.15, 0.2) is 0 Å². The molecule has 0 N–H and O–H groups in total. The second-order valence-electron chi connectivity index (χ2n) is 3.42. The summed E-state index contributed by atoms with van der Waals surface area (Å²) in [4.78, 5) is 0. The summed E-state index contributed by atoms with van der Waals surface area (Å²) in [6.45, 7) is 0. The maximum Gasteiger partial charge on any atom is 0.149 e. The van der Waals surface area contributed by atoms with E-state index in [0.29, 0.717) is 0 Å². The third-order valence-electron chi connectivity index (χ3n) is 2.10. The standard InChI is InChI=1S/C6H14OSi2/c1-2-5(1)8-7-9-6-3-4-6/h5-6H,1-4,8-9H2. The van der Waals surface area contributed by atoms with Gasteiger partial charge in [0.1, 0.15) is 19.5 Å². The minimum absolute atomic E-state index is 0.0161. The van der Waals surface area contributed by atoms with E-state index in [9.17, 15) is 0 Å². The van der Waals surface area contributed by atoms with Crippen LogP contribution in [0.2, 0.25) is 11.1 Å². The quantitative estimate of drug-likeness (QED) is 0.536. The molecule has 52 valence electrons. The highest BCUT2D eigenvalue weighted by atomic mass is 28.3. The highest BCUT2D eigenvalue weighted by Crippen LogP contribution is 2.37. The lowest BCUT2D eigenvalue weighted by Crippen LogP contribution is -2.02. The Hall–Kier alpha value is 0.394. The van der Waals surface area contributed by atoms with Crippen molar-refractivity contribution in [3.05, 3.63) is 0 Å². The summed E-state index contributed by atoms with van der Waals surface area (Å²) in [5.74, 6) is 0. The van der Waals surface area contributed by atoms with Gasteiger partial charge in [0.05, 0.1) is 0 Å². The molecule has 0 aliphatic heterocycles. The molecule has 0 amide bonds. The van der Waals surface area contributed by atoms with Crippen LogP contribution in [0.3, 0.4) is 0 Å². The normalized spacial score (nSPS) is 29.3. The van der Waals surface area contributed by atoms with Crippen LogP contribution in [0, 0.1) is 0 Å². The number of rotatable bonds is 4. The lowest BCUT2D eigenvalue weighted by atomic mass is 11.0. The van der Waals surface area contributed by atoms with E-state index in [2.05, 4.69) is 0 Å². The SMILES string of the molecule is C1CC1[SiH2]O[SiH2]C1CC1. The van der Waals surface area contributed by atoms with Crippen molar-refractivity contribution >= 4 is 19.5 Å². The molecule has 2 aliphatic carbocycles. The number of hydrogen-bond acceptors (Lipinski definition) is 1. The van der Waals surface area contributed by atoms with E-state index in [1.807, 2.05) is 0 Å². The highest BCUT2D eigenvalue weighted by molar-refractivity contribution is 6.45. The van der Waals surface area contributed by atoms with Crippen molar-refractivity contribution in [2.45, 2.75) is 36.8 Å². The van der Waals surface area contributed by atoms with E-state index in [-0.39, 0.29) is 19.5 Å². The molecular formula is C6H14OSi2. The van der Waals surface area contributed by atoms with Gasteiger partial charge in [0.25, 0.3) is 0 Å². The van der Waals surface area contributed by atoms with Crippen molar-refractivity contribution in [2.75, 3.05) is 0 Å². The lowest BCUT2D eigenvalue weighted by Gasteiger charge is -1.97. The Kier molecular flexibility index (Phi) is 1.74. The Morgan fingerprint density at radius 3 is 1.67 bits per heavy atom. The Morgan fingerprint density at radius 2 is 1.33 bits per heavy atom. The fourth-order valence-electron chi connectivity index (χ4n) is 0.970. The molecule has 0 heterocycles. The zero-order chi connectivity index (χ0) is 6.10. The van der Waals surface area contributed by atoms with Crippen molar-refractivity contribution in [2.24, 2.45) is 0 Å². The average molecular weight is 158 g/mol. The second kappa shape index (κ2) is 2.56. The maximum atomic E-state index is 5.76. The van der Waals surface area contributed by atoms with Gasteiger partial charge in [-0.1, -0.05) is 25.7 Å². The summed E-state index contributed by atoms with van der Waals surface area (Å²) in [5.41, 5.74) is 2.24. The van der Waals surface area contributed by atoms with Crippen LogP contribution in [-0.4, -0.2) is 19.5 Å². The van der Waals surface area contributed by atoms with Gasteiger partial charge in [-0.15, -0.1) is 0 Å². The van der Waals surface area contributed by atoms with Crippen molar-refractivity contribution in [3.8, 4) is 0 Å². The Morgan fingerprint density at radius 1 is 0.889 bits per heavy atom. The highest BCUT2D eigenvalue weighted by Gasteiger charge is 2.25. The van der Waals surface area contributed by atoms with E-state index >= 15 is 0 Å². The number of hydrogen-bond donors (Lipinski definition) is 0. The first-order valence-corrected chi connectivity index (χ1v) is 6.81. The van der Waals surface area contributed by atoms with E-state index in [1.165, 1.54) is 25.7 Å². The van der Waals surface area contributed by atoms with Crippen LogP contribution in [0.15, 0.2) is 0 Å². The van der Waals surface area contributed by atoms with Gasteiger partial charge in [-0.25, -0.2) is 0 Å². The van der Waals surface area contributed by atoms with Crippen LogP contribution in [0.1, 0.15) is 25.7 Å². The van der Waals surface area contributed by atoms with Crippen LogP contribution < -0.4 is 0 Å². The zero-order valence-electron chi connectivity index (χ0n) is 5.81. The summed E-state index contributed by atoms with van der Waals surface area (Å²) >= 11 is 0. The summed E-state index contributed by atoms with van der Waals surface area (Å²) < 4.78 is 5.76. The van der Waals surface area contributed by atoms with Gasteiger partial charge < -0.3 is 4.12 Å². The van der Waals surface area contributed by atoms with Crippen molar-refractivity contribution in [1.82, 2.24) is 0 Å². The van der Waals surface area contributed by atoms with Crippen LogP contribution in [0.4, 0.5) is 0 Å². The molecular weight excluding hydrogens is 144 g/mol. The lowest BCUT2D eigenvalue weighted by molar-refractivity contribution is 0.630. The first kappa shape index (κ1) is 6.13. The minimum atomic E-state index is 0.0161. The first-order chi connectivity index (χ1) is 4.45. The molecule has 0 spiro atoms. The van der Waals surface area contributed by atoms with Crippen LogP contribution in [0.25, 0.3) is 0 Å². The topological polar surface area (TPSA) is 9.23 Å². The van der Waals surface area contributed by atoms with E-state index in [0.717, 1.165) is 11.1 Å². The van der Waals surface area contributed by atoms with Gasteiger partial charge in [0.2, 0.25) is 0 Å². The summed E-state index contributed by atoms with van der Waals surface area (Å²) in [5, 5.41) is 0. The monoisotopic (exact) mass is 158 g/mol. The molecule has 2 fully saturated rings. The van der Waals surface area contributed by atoms with Gasteiger partial charge in [-0.05, 0) is 11.1 Å². The van der Waals surface area contributed by atoms with Crippen molar-refractivity contribution < 1.29 is 4.12 Å². The van der Waals surface area contributed by atoms with Crippen LogP contribution in [-0.2, 0) is 4.12 Å². The van der Waals surface area contributed by atoms with E-state index in [4.69, 9.17) is 4.12 Å². The zero-order valence-corrected chi connectivity index (χ0v) is 8.63.